The Morgan fingerprint density at radius 3 is 2.91 bits per heavy atom. The summed E-state index contributed by atoms with van der Waals surface area (Å²) in [6.07, 6.45) is -0.164. The number of hydrogen-bond acceptors (Lipinski definition) is 6. The summed E-state index contributed by atoms with van der Waals surface area (Å²) in [4.78, 5) is 27.4. The third-order valence-corrected chi connectivity index (χ3v) is 3.78. The number of rotatable bonds is 7. The van der Waals surface area contributed by atoms with Crippen LogP contribution >= 0.6 is 0 Å². The third kappa shape index (κ3) is 5.53. The van der Waals surface area contributed by atoms with E-state index in [0.29, 0.717) is 46.0 Å². The molecule has 2 heterocycles. The van der Waals surface area contributed by atoms with Crippen LogP contribution in [-0.4, -0.2) is 101 Å². The number of nitrogens with one attached hydrogen (secondary N) is 1. The molecule has 0 aromatic heterocycles. The molecule has 2 saturated heterocycles. The van der Waals surface area contributed by atoms with Gasteiger partial charge in [-0.2, -0.15) is 0 Å². The van der Waals surface area contributed by atoms with E-state index >= 15 is 0 Å². The highest BCUT2D eigenvalue weighted by atomic mass is 16.5. The van der Waals surface area contributed by atoms with Crippen molar-refractivity contribution in [2.45, 2.75) is 6.10 Å². The van der Waals surface area contributed by atoms with Gasteiger partial charge in [0.25, 0.3) is 0 Å². The first kappa shape index (κ1) is 17.1. The van der Waals surface area contributed by atoms with Crippen LogP contribution in [0.3, 0.4) is 0 Å². The van der Waals surface area contributed by atoms with Crippen LogP contribution < -0.4 is 5.32 Å². The van der Waals surface area contributed by atoms with Crippen LogP contribution in [0.1, 0.15) is 0 Å². The molecule has 126 valence electrons. The molecular weight excluding hydrogens is 290 g/mol. The van der Waals surface area contributed by atoms with Gasteiger partial charge in [0, 0.05) is 39.8 Å². The molecule has 2 fully saturated rings. The minimum Gasteiger partial charge on any atom is -0.383 e. The molecule has 0 aromatic carbocycles. The van der Waals surface area contributed by atoms with Crippen molar-refractivity contribution in [1.29, 1.82) is 0 Å². The van der Waals surface area contributed by atoms with E-state index in [1.54, 1.807) is 12.0 Å². The van der Waals surface area contributed by atoms with Crippen molar-refractivity contribution in [2.75, 3.05) is 72.8 Å². The number of methoxy groups -OCH3 is 1. The smallest absolute Gasteiger partial charge is 0.248 e. The Morgan fingerprint density at radius 2 is 2.18 bits per heavy atom. The molecular formula is C14H25N3O5. The van der Waals surface area contributed by atoms with Gasteiger partial charge in [-0.1, -0.05) is 0 Å². The van der Waals surface area contributed by atoms with Gasteiger partial charge in [0.15, 0.2) is 0 Å². The van der Waals surface area contributed by atoms with E-state index in [1.807, 2.05) is 0 Å². The Balaban J connectivity index is 1.66. The van der Waals surface area contributed by atoms with E-state index in [0.717, 1.165) is 13.1 Å². The molecule has 0 radical (unpaired) electrons. The number of carbonyl (C=O) groups excluding carboxylic acids is 2. The summed E-state index contributed by atoms with van der Waals surface area (Å²) in [5.74, 6) is -0.0567. The molecule has 1 unspecified atom stereocenters. The number of nitrogens with zero attached hydrogens (tertiary/aromatic N) is 2. The predicted molar refractivity (Wildman–Crippen MR) is 78.5 cm³/mol. The Labute approximate surface area is 130 Å². The highest BCUT2D eigenvalue weighted by Gasteiger charge is 2.26. The summed E-state index contributed by atoms with van der Waals surface area (Å²) >= 11 is 0. The first-order valence-electron chi connectivity index (χ1n) is 7.64. The van der Waals surface area contributed by atoms with E-state index in [9.17, 15) is 9.59 Å². The van der Waals surface area contributed by atoms with Crippen molar-refractivity contribution < 1.29 is 23.8 Å². The lowest BCUT2D eigenvalue weighted by Crippen LogP contribution is -2.52. The SMILES string of the molecule is COCCN1CC(CNC(=O)CN2CCOCC2)OCC1=O. The second-order valence-electron chi connectivity index (χ2n) is 5.46. The standard InChI is InChI=1S/C14H25N3O5/c1-20-5-4-17-9-12(22-11-14(17)19)8-15-13(18)10-16-2-6-21-7-3-16/h12H,2-11H2,1H3,(H,15,18). The fourth-order valence-electron chi connectivity index (χ4n) is 2.47. The van der Waals surface area contributed by atoms with Gasteiger partial charge >= 0.3 is 0 Å². The van der Waals surface area contributed by atoms with Crippen molar-refractivity contribution in [2.24, 2.45) is 0 Å². The quantitative estimate of drug-likeness (QED) is 0.604. The molecule has 8 nitrogen and oxygen atoms in total. The minimum atomic E-state index is -0.164. The van der Waals surface area contributed by atoms with Gasteiger partial charge in [0.05, 0.1) is 32.5 Å². The number of hydrogen-bond donors (Lipinski definition) is 1. The molecule has 0 aromatic rings. The number of carbonyl (C=O) groups is 2. The third-order valence-electron chi connectivity index (χ3n) is 3.78. The Kier molecular flexibility index (Phi) is 7.04. The van der Waals surface area contributed by atoms with Crippen LogP contribution in [0.2, 0.25) is 0 Å². The van der Waals surface area contributed by atoms with Gasteiger partial charge in [-0.25, -0.2) is 0 Å². The molecule has 0 spiro atoms. The summed E-state index contributed by atoms with van der Waals surface area (Å²) in [5.41, 5.74) is 0. The minimum absolute atomic E-state index is 0.0224. The molecule has 0 aliphatic carbocycles. The first-order valence-corrected chi connectivity index (χ1v) is 7.64. The van der Waals surface area contributed by atoms with Gasteiger partial charge in [-0.15, -0.1) is 0 Å². The van der Waals surface area contributed by atoms with Crippen LogP contribution in [0, 0.1) is 0 Å². The fourth-order valence-corrected chi connectivity index (χ4v) is 2.47. The summed E-state index contributed by atoms with van der Waals surface area (Å²) in [6.45, 7) is 5.32. The summed E-state index contributed by atoms with van der Waals surface area (Å²) < 4.78 is 15.7. The topological polar surface area (TPSA) is 80.3 Å². The van der Waals surface area contributed by atoms with E-state index in [-0.39, 0.29) is 24.5 Å². The zero-order valence-electron chi connectivity index (χ0n) is 13.1. The van der Waals surface area contributed by atoms with Crippen LogP contribution in [0.15, 0.2) is 0 Å². The number of ether oxygens (including phenoxy) is 3. The fraction of sp³-hybridized carbons (Fsp3) is 0.857. The van der Waals surface area contributed by atoms with Crippen LogP contribution in [0.5, 0.6) is 0 Å². The lowest BCUT2D eigenvalue weighted by molar-refractivity contribution is -0.149. The Bertz CT molecular complexity index is 373. The average molecular weight is 315 g/mol. The van der Waals surface area contributed by atoms with Gasteiger partial charge in [0.2, 0.25) is 11.8 Å². The number of amides is 2. The van der Waals surface area contributed by atoms with Crippen molar-refractivity contribution in [3.05, 3.63) is 0 Å². The second kappa shape index (κ2) is 9.04. The zero-order valence-corrected chi connectivity index (χ0v) is 13.1. The van der Waals surface area contributed by atoms with E-state index in [4.69, 9.17) is 14.2 Å². The molecule has 22 heavy (non-hydrogen) atoms. The van der Waals surface area contributed by atoms with Gasteiger partial charge in [-0.05, 0) is 0 Å². The molecule has 0 saturated carbocycles. The molecule has 2 aliphatic heterocycles. The molecule has 2 amide bonds. The monoisotopic (exact) mass is 315 g/mol. The van der Waals surface area contributed by atoms with E-state index < -0.39 is 0 Å². The molecule has 8 heteroatoms. The Hall–Kier alpha value is -1.22. The summed E-state index contributed by atoms with van der Waals surface area (Å²) in [5, 5.41) is 2.88. The average Bonchev–Trinajstić information content (AvgIpc) is 2.54. The largest absolute Gasteiger partial charge is 0.383 e. The van der Waals surface area contributed by atoms with Crippen LogP contribution in [0.25, 0.3) is 0 Å². The Morgan fingerprint density at radius 1 is 1.41 bits per heavy atom. The van der Waals surface area contributed by atoms with Crippen LogP contribution in [-0.2, 0) is 23.8 Å². The van der Waals surface area contributed by atoms with Gasteiger partial charge in [-0.3, -0.25) is 14.5 Å². The highest BCUT2D eigenvalue weighted by molar-refractivity contribution is 5.79. The first-order chi connectivity index (χ1) is 10.7. The lowest BCUT2D eigenvalue weighted by atomic mass is 10.2. The van der Waals surface area contributed by atoms with Crippen molar-refractivity contribution >= 4 is 11.8 Å². The molecule has 1 N–H and O–H groups in total. The molecule has 0 bridgehead atoms. The second-order valence-corrected chi connectivity index (χ2v) is 5.46. The maximum Gasteiger partial charge on any atom is 0.248 e. The predicted octanol–water partition coefficient (Wildman–Crippen LogP) is -1.69. The maximum absolute atomic E-state index is 11.9. The van der Waals surface area contributed by atoms with Crippen molar-refractivity contribution in [1.82, 2.24) is 15.1 Å². The summed E-state index contributed by atoms with van der Waals surface area (Å²) in [7, 11) is 1.61. The normalized spacial score (nSPS) is 23.6. The maximum atomic E-state index is 11.9. The number of morpholine rings is 2. The van der Waals surface area contributed by atoms with E-state index in [2.05, 4.69) is 10.2 Å². The van der Waals surface area contributed by atoms with Gasteiger partial charge in [0.1, 0.15) is 6.61 Å². The molecule has 2 aliphatic rings. The zero-order chi connectivity index (χ0) is 15.8. The molecule has 2 rings (SSSR count). The summed E-state index contributed by atoms with van der Waals surface area (Å²) in [6, 6.07) is 0. The highest BCUT2D eigenvalue weighted by Crippen LogP contribution is 2.05. The van der Waals surface area contributed by atoms with Crippen molar-refractivity contribution in [3.63, 3.8) is 0 Å². The molecule has 1 atom stereocenters. The van der Waals surface area contributed by atoms with Gasteiger partial charge < -0.3 is 24.4 Å². The van der Waals surface area contributed by atoms with Crippen LogP contribution in [0.4, 0.5) is 0 Å². The van der Waals surface area contributed by atoms with Crippen molar-refractivity contribution in [3.8, 4) is 0 Å². The van der Waals surface area contributed by atoms with E-state index in [1.165, 1.54) is 0 Å². The lowest BCUT2D eigenvalue weighted by Gasteiger charge is -2.33.